The number of esters is 1. The molecule has 0 spiro atoms. The van der Waals surface area contributed by atoms with E-state index in [1.807, 2.05) is 43.3 Å². The lowest BCUT2D eigenvalue weighted by molar-refractivity contribution is -0.137. The maximum atomic E-state index is 13.4. The molecule has 0 saturated heterocycles. The molecule has 0 fully saturated rings. The van der Waals surface area contributed by atoms with Crippen LogP contribution >= 0.6 is 0 Å². The van der Waals surface area contributed by atoms with Gasteiger partial charge in [0.15, 0.2) is 11.5 Å². The Bertz CT molecular complexity index is 1970. The second-order valence-corrected chi connectivity index (χ2v) is 11.5. The van der Waals surface area contributed by atoms with Crippen LogP contribution in [0.3, 0.4) is 0 Å². The number of rotatable bonds is 13. The average molecular weight is 673 g/mol. The molecule has 254 valence electrons. The van der Waals surface area contributed by atoms with Crippen LogP contribution in [0.25, 0.3) is 11.1 Å². The summed E-state index contributed by atoms with van der Waals surface area (Å²) in [7, 11) is 3.02. The molecule has 0 unspecified atom stereocenters. The van der Waals surface area contributed by atoms with Crippen molar-refractivity contribution in [2.45, 2.75) is 19.9 Å². The summed E-state index contributed by atoms with van der Waals surface area (Å²) in [6.45, 7) is 1.49. The van der Waals surface area contributed by atoms with Crippen molar-refractivity contribution in [3.05, 3.63) is 143 Å². The van der Waals surface area contributed by atoms with Crippen molar-refractivity contribution in [2.75, 3.05) is 26.1 Å². The molecule has 5 aromatic rings. The first kappa shape index (κ1) is 34.9. The standard InChI is InChI=1S/C40H36N2O8/c1-26-7-11-28(12-8-26)29-13-15-31(16-14-29)40(47)50-34-21-9-27(10-22-34)24-42(25-37(44)45)39(46)30-17-19-33(20-18-30)41-36(43)23-32-5-4-6-35(48-2)38(32)49-3/h4-22H,23-25H2,1-3H3,(H,41,43)(H,44,45). The predicted octanol–water partition coefficient (Wildman–Crippen LogP) is 6.81. The Kier molecular flexibility index (Phi) is 11.3. The number of nitrogens with one attached hydrogen (secondary N) is 1. The Hall–Kier alpha value is -6.42. The molecule has 0 aliphatic heterocycles. The van der Waals surface area contributed by atoms with Crippen molar-refractivity contribution in [1.29, 1.82) is 0 Å². The molecule has 0 saturated carbocycles. The first-order valence-corrected chi connectivity index (χ1v) is 15.7. The summed E-state index contributed by atoms with van der Waals surface area (Å²) in [6, 6.07) is 33.3. The van der Waals surface area contributed by atoms with Crippen LogP contribution < -0.4 is 19.5 Å². The van der Waals surface area contributed by atoms with E-state index in [1.165, 1.54) is 36.8 Å². The number of aryl methyl sites for hydroxylation is 1. The van der Waals surface area contributed by atoms with E-state index in [-0.39, 0.29) is 24.4 Å². The summed E-state index contributed by atoms with van der Waals surface area (Å²) >= 11 is 0. The Morgan fingerprint density at radius 1 is 0.720 bits per heavy atom. The number of hydrogen-bond acceptors (Lipinski definition) is 7. The van der Waals surface area contributed by atoms with E-state index >= 15 is 0 Å². The van der Waals surface area contributed by atoms with Gasteiger partial charge in [0.05, 0.1) is 26.2 Å². The van der Waals surface area contributed by atoms with Crippen molar-refractivity contribution in [2.24, 2.45) is 0 Å². The van der Waals surface area contributed by atoms with Gasteiger partial charge in [0, 0.05) is 23.4 Å². The van der Waals surface area contributed by atoms with Crippen molar-refractivity contribution >= 4 is 29.4 Å². The van der Waals surface area contributed by atoms with Gasteiger partial charge in [-0.1, -0.05) is 66.2 Å². The van der Waals surface area contributed by atoms with Crippen LogP contribution in [0.5, 0.6) is 17.2 Å². The number of benzene rings is 5. The Balaban J connectivity index is 1.19. The normalized spacial score (nSPS) is 10.5. The van der Waals surface area contributed by atoms with E-state index in [4.69, 9.17) is 14.2 Å². The number of ether oxygens (including phenoxy) is 3. The van der Waals surface area contributed by atoms with Crippen LogP contribution in [0, 0.1) is 6.92 Å². The minimum Gasteiger partial charge on any atom is -0.493 e. The zero-order chi connectivity index (χ0) is 35.6. The van der Waals surface area contributed by atoms with Gasteiger partial charge in [-0.05, 0) is 78.2 Å². The second kappa shape index (κ2) is 16.1. The molecular weight excluding hydrogens is 636 g/mol. The van der Waals surface area contributed by atoms with Crippen LogP contribution in [-0.2, 0) is 22.6 Å². The fourth-order valence-corrected chi connectivity index (χ4v) is 5.31. The lowest BCUT2D eigenvalue weighted by Gasteiger charge is -2.21. The van der Waals surface area contributed by atoms with Crippen LogP contribution in [0.2, 0.25) is 0 Å². The lowest BCUT2D eigenvalue weighted by atomic mass is 10.0. The molecule has 10 heteroatoms. The van der Waals surface area contributed by atoms with Crippen molar-refractivity contribution < 1.29 is 38.5 Å². The van der Waals surface area contributed by atoms with Crippen LogP contribution in [0.4, 0.5) is 5.69 Å². The van der Waals surface area contributed by atoms with E-state index in [0.29, 0.717) is 39.6 Å². The summed E-state index contributed by atoms with van der Waals surface area (Å²) in [6.07, 6.45) is 0.0348. The van der Waals surface area contributed by atoms with E-state index < -0.39 is 24.4 Å². The maximum absolute atomic E-state index is 13.4. The number of nitrogens with zero attached hydrogens (tertiary/aromatic N) is 1. The molecule has 0 aliphatic rings. The number of carboxylic acid groups (broad SMARTS) is 1. The van der Waals surface area contributed by atoms with Gasteiger partial charge in [-0.2, -0.15) is 0 Å². The summed E-state index contributed by atoms with van der Waals surface area (Å²) in [5.74, 6) is -1.20. The van der Waals surface area contributed by atoms with Crippen LogP contribution in [-0.4, -0.2) is 54.5 Å². The topological polar surface area (TPSA) is 131 Å². The molecule has 5 rings (SSSR count). The highest BCUT2D eigenvalue weighted by atomic mass is 16.5. The van der Waals surface area contributed by atoms with Crippen molar-refractivity contribution in [3.63, 3.8) is 0 Å². The number of carbonyl (C=O) groups is 4. The minimum absolute atomic E-state index is 0.000685. The highest BCUT2D eigenvalue weighted by Crippen LogP contribution is 2.31. The summed E-state index contributed by atoms with van der Waals surface area (Å²) in [4.78, 5) is 51.8. The number of carboxylic acids is 1. The molecule has 0 aliphatic carbocycles. The predicted molar refractivity (Wildman–Crippen MR) is 189 cm³/mol. The first-order chi connectivity index (χ1) is 24.1. The van der Waals surface area contributed by atoms with E-state index in [1.54, 1.807) is 66.7 Å². The molecule has 5 aromatic carbocycles. The molecule has 2 amide bonds. The largest absolute Gasteiger partial charge is 0.493 e. The third-order valence-electron chi connectivity index (χ3n) is 7.88. The smallest absolute Gasteiger partial charge is 0.343 e. The second-order valence-electron chi connectivity index (χ2n) is 11.5. The number of aliphatic carboxylic acids is 1. The van der Waals surface area contributed by atoms with Gasteiger partial charge in [0.25, 0.3) is 5.91 Å². The molecular formula is C40H36N2O8. The number of anilines is 1. The van der Waals surface area contributed by atoms with Gasteiger partial charge in [-0.25, -0.2) is 4.79 Å². The third-order valence-corrected chi connectivity index (χ3v) is 7.88. The molecule has 50 heavy (non-hydrogen) atoms. The Morgan fingerprint density at radius 3 is 1.94 bits per heavy atom. The molecule has 2 N–H and O–H groups in total. The number of methoxy groups -OCH3 is 2. The van der Waals surface area contributed by atoms with E-state index in [9.17, 15) is 24.3 Å². The maximum Gasteiger partial charge on any atom is 0.343 e. The zero-order valence-corrected chi connectivity index (χ0v) is 27.8. The number of para-hydroxylation sites is 1. The Labute approximate surface area is 289 Å². The van der Waals surface area contributed by atoms with Gasteiger partial charge in [-0.15, -0.1) is 0 Å². The summed E-state index contributed by atoms with van der Waals surface area (Å²) in [5, 5.41) is 12.3. The van der Waals surface area contributed by atoms with Gasteiger partial charge < -0.3 is 29.5 Å². The van der Waals surface area contributed by atoms with E-state index in [2.05, 4.69) is 5.32 Å². The monoisotopic (exact) mass is 672 g/mol. The minimum atomic E-state index is -1.17. The van der Waals surface area contributed by atoms with Gasteiger partial charge in [-0.3, -0.25) is 14.4 Å². The number of carbonyl (C=O) groups excluding carboxylic acids is 3. The van der Waals surface area contributed by atoms with Gasteiger partial charge in [0.1, 0.15) is 12.3 Å². The third kappa shape index (κ3) is 8.93. The molecule has 0 heterocycles. The van der Waals surface area contributed by atoms with Gasteiger partial charge in [0.2, 0.25) is 5.91 Å². The quantitative estimate of drug-likeness (QED) is 0.103. The highest BCUT2D eigenvalue weighted by molar-refractivity contribution is 5.97. The summed E-state index contributed by atoms with van der Waals surface area (Å²) in [5.41, 5.74) is 5.59. The zero-order valence-electron chi connectivity index (χ0n) is 27.8. The summed E-state index contributed by atoms with van der Waals surface area (Å²) < 4.78 is 16.2. The molecule has 0 radical (unpaired) electrons. The van der Waals surface area contributed by atoms with Gasteiger partial charge >= 0.3 is 11.9 Å². The van der Waals surface area contributed by atoms with E-state index in [0.717, 1.165) is 11.1 Å². The molecule has 0 bridgehead atoms. The van der Waals surface area contributed by atoms with Crippen molar-refractivity contribution in [3.8, 4) is 28.4 Å². The number of amides is 2. The van der Waals surface area contributed by atoms with Crippen LogP contribution in [0.1, 0.15) is 37.4 Å². The Morgan fingerprint density at radius 2 is 1.34 bits per heavy atom. The van der Waals surface area contributed by atoms with Crippen molar-refractivity contribution in [1.82, 2.24) is 4.90 Å². The number of hydrogen-bond donors (Lipinski definition) is 2. The lowest BCUT2D eigenvalue weighted by Crippen LogP contribution is -2.35. The average Bonchev–Trinajstić information content (AvgIpc) is 3.12. The first-order valence-electron chi connectivity index (χ1n) is 15.7. The fraction of sp³-hybridized carbons (Fsp3) is 0.150. The molecule has 0 aromatic heterocycles. The van der Waals surface area contributed by atoms with Crippen LogP contribution in [0.15, 0.2) is 115 Å². The fourth-order valence-electron chi connectivity index (χ4n) is 5.31. The highest BCUT2D eigenvalue weighted by Gasteiger charge is 2.20. The molecule has 0 atom stereocenters. The SMILES string of the molecule is COc1cccc(CC(=O)Nc2ccc(C(=O)N(CC(=O)O)Cc3ccc(OC(=O)c4ccc(-c5ccc(C)cc5)cc4)cc3)cc2)c1OC. The molecule has 10 nitrogen and oxygen atoms in total.